The Morgan fingerprint density at radius 3 is 2.47 bits per heavy atom. The number of nitrogen functional groups attached to an aromatic ring is 1. The third-order valence-electron chi connectivity index (χ3n) is 2.98. The van der Waals surface area contributed by atoms with Gasteiger partial charge in [-0.25, -0.2) is 12.8 Å². The Bertz CT molecular complexity index is 567. The van der Waals surface area contributed by atoms with Crippen molar-refractivity contribution in [2.45, 2.75) is 29.2 Å². The second kappa shape index (κ2) is 5.30. The number of nitrogens with zero attached hydrogens (tertiary/aromatic N) is 1. The van der Waals surface area contributed by atoms with Gasteiger partial charge in [0.15, 0.2) is 0 Å². The minimum absolute atomic E-state index is 0.0833. The van der Waals surface area contributed by atoms with E-state index in [2.05, 4.69) is 0 Å². The van der Waals surface area contributed by atoms with Crippen LogP contribution in [0.5, 0.6) is 0 Å². The van der Waals surface area contributed by atoms with Crippen LogP contribution < -0.4 is 5.73 Å². The molecule has 1 fully saturated rings. The zero-order valence-electron chi connectivity index (χ0n) is 10.8. The summed E-state index contributed by atoms with van der Waals surface area (Å²) in [6.45, 7) is 4.82. The van der Waals surface area contributed by atoms with Crippen LogP contribution in [0.1, 0.15) is 13.8 Å². The van der Waals surface area contributed by atoms with Gasteiger partial charge in [-0.15, -0.1) is 0 Å². The predicted octanol–water partition coefficient (Wildman–Crippen LogP) is 1.92. The van der Waals surface area contributed by atoms with Crippen molar-refractivity contribution < 1.29 is 12.8 Å². The first-order valence-corrected chi connectivity index (χ1v) is 8.39. The Kier molecular flexibility index (Phi) is 4.08. The van der Waals surface area contributed by atoms with Crippen LogP contribution >= 0.6 is 11.8 Å². The van der Waals surface area contributed by atoms with E-state index in [1.807, 2.05) is 13.8 Å². The first kappa shape index (κ1) is 14.6. The molecule has 0 aliphatic carbocycles. The van der Waals surface area contributed by atoms with Gasteiger partial charge in [-0.3, -0.25) is 0 Å². The molecule has 2 N–H and O–H groups in total. The van der Waals surface area contributed by atoms with Crippen LogP contribution in [0.3, 0.4) is 0 Å². The Morgan fingerprint density at radius 1 is 1.32 bits per heavy atom. The third-order valence-corrected chi connectivity index (χ3v) is 6.09. The summed E-state index contributed by atoms with van der Waals surface area (Å²) in [5, 5.41) is 0.432. The molecular formula is C12H17FN2O2S2. The molecule has 2 rings (SSSR count). The van der Waals surface area contributed by atoms with Crippen molar-refractivity contribution in [3.05, 3.63) is 24.0 Å². The van der Waals surface area contributed by atoms with E-state index in [-0.39, 0.29) is 21.1 Å². The summed E-state index contributed by atoms with van der Waals surface area (Å²) < 4.78 is 39.7. The zero-order valence-corrected chi connectivity index (χ0v) is 12.5. The molecule has 1 aliphatic rings. The molecule has 1 heterocycles. The molecule has 19 heavy (non-hydrogen) atoms. The van der Waals surface area contributed by atoms with Gasteiger partial charge >= 0.3 is 0 Å². The van der Waals surface area contributed by atoms with Gasteiger partial charge < -0.3 is 5.73 Å². The highest BCUT2D eigenvalue weighted by Crippen LogP contribution is 2.30. The van der Waals surface area contributed by atoms with Crippen LogP contribution in [-0.4, -0.2) is 36.3 Å². The van der Waals surface area contributed by atoms with E-state index in [0.29, 0.717) is 13.1 Å². The molecule has 106 valence electrons. The Labute approximate surface area is 117 Å². The monoisotopic (exact) mass is 304 g/mol. The van der Waals surface area contributed by atoms with Gasteiger partial charge in [-0.05, 0) is 18.2 Å². The number of sulfonamides is 1. The quantitative estimate of drug-likeness (QED) is 0.848. The maximum atomic E-state index is 13.3. The van der Waals surface area contributed by atoms with Crippen molar-refractivity contribution in [3.63, 3.8) is 0 Å². The molecule has 4 nitrogen and oxygen atoms in total. The van der Waals surface area contributed by atoms with Crippen LogP contribution in [0.15, 0.2) is 23.1 Å². The van der Waals surface area contributed by atoms with Crippen LogP contribution in [0.2, 0.25) is 0 Å². The molecule has 2 unspecified atom stereocenters. The van der Waals surface area contributed by atoms with Crippen molar-refractivity contribution in [1.29, 1.82) is 0 Å². The first-order valence-electron chi connectivity index (χ1n) is 6.01. The molecule has 0 bridgehead atoms. The van der Waals surface area contributed by atoms with Gasteiger partial charge in [0, 0.05) is 23.6 Å². The summed E-state index contributed by atoms with van der Waals surface area (Å²) >= 11 is 1.75. The molecule has 1 saturated heterocycles. The molecule has 1 aromatic carbocycles. The summed E-state index contributed by atoms with van der Waals surface area (Å²) in [5.74, 6) is -0.597. The smallest absolute Gasteiger partial charge is 0.245 e. The number of anilines is 1. The topological polar surface area (TPSA) is 63.4 Å². The Morgan fingerprint density at radius 2 is 1.89 bits per heavy atom. The summed E-state index contributed by atoms with van der Waals surface area (Å²) in [7, 11) is -3.73. The van der Waals surface area contributed by atoms with E-state index in [4.69, 9.17) is 5.73 Å². The summed E-state index contributed by atoms with van der Waals surface area (Å²) in [6, 6.07) is 3.43. The second-order valence-electron chi connectivity index (χ2n) is 4.76. The molecule has 0 saturated carbocycles. The van der Waals surface area contributed by atoms with E-state index in [0.717, 1.165) is 12.1 Å². The van der Waals surface area contributed by atoms with Crippen molar-refractivity contribution in [1.82, 2.24) is 4.31 Å². The SMILES string of the molecule is CC1CN(S(=O)(=O)c2cc(F)ccc2N)CC(C)S1. The van der Waals surface area contributed by atoms with Gasteiger partial charge in [0.2, 0.25) is 10.0 Å². The highest BCUT2D eigenvalue weighted by molar-refractivity contribution is 8.00. The van der Waals surface area contributed by atoms with Gasteiger partial charge in [0.1, 0.15) is 10.7 Å². The number of thioether (sulfide) groups is 1. The van der Waals surface area contributed by atoms with E-state index < -0.39 is 15.8 Å². The Hall–Kier alpha value is -0.790. The molecule has 0 spiro atoms. The highest BCUT2D eigenvalue weighted by Gasteiger charge is 2.33. The summed E-state index contributed by atoms with van der Waals surface area (Å²) in [5.41, 5.74) is 5.76. The number of hydrogen-bond acceptors (Lipinski definition) is 4. The van der Waals surface area contributed by atoms with Gasteiger partial charge in [-0.2, -0.15) is 16.1 Å². The summed E-state index contributed by atoms with van der Waals surface area (Å²) in [6.07, 6.45) is 0. The normalized spacial score (nSPS) is 25.4. The minimum Gasteiger partial charge on any atom is -0.398 e. The number of halogens is 1. The van der Waals surface area contributed by atoms with Crippen LogP contribution in [0.4, 0.5) is 10.1 Å². The molecule has 2 atom stereocenters. The number of nitrogens with two attached hydrogens (primary N) is 1. The van der Waals surface area contributed by atoms with Crippen molar-refractivity contribution in [3.8, 4) is 0 Å². The van der Waals surface area contributed by atoms with E-state index in [1.54, 1.807) is 11.8 Å². The lowest BCUT2D eigenvalue weighted by molar-refractivity contribution is 0.404. The number of benzene rings is 1. The third kappa shape index (κ3) is 3.04. The zero-order chi connectivity index (χ0) is 14.2. The maximum absolute atomic E-state index is 13.3. The molecular weight excluding hydrogens is 287 g/mol. The van der Waals surface area contributed by atoms with Gasteiger partial charge in [-0.1, -0.05) is 13.8 Å². The maximum Gasteiger partial charge on any atom is 0.245 e. The average molecular weight is 304 g/mol. The summed E-state index contributed by atoms with van der Waals surface area (Å²) in [4.78, 5) is -0.140. The lowest BCUT2D eigenvalue weighted by atomic mass is 10.3. The van der Waals surface area contributed by atoms with Crippen molar-refractivity contribution >= 4 is 27.5 Å². The molecule has 1 aliphatic heterocycles. The first-order chi connectivity index (χ1) is 8.80. The van der Waals surface area contributed by atoms with Crippen LogP contribution in [0, 0.1) is 5.82 Å². The minimum atomic E-state index is -3.73. The van der Waals surface area contributed by atoms with Gasteiger partial charge in [0.25, 0.3) is 0 Å². The predicted molar refractivity (Wildman–Crippen MR) is 76.1 cm³/mol. The fraction of sp³-hybridized carbons (Fsp3) is 0.500. The van der Waals surface area contributed by atoms with E-state index >= 15 is 0 Å². The molecule has 0 aromatic heterocycles. The molecule has 1 aromatic rings. The largest absolute Gasteiger partial charge is 0.398 e. The average Bonchev–Trinajstić information content (AvgIpc) is 2.31. The van der Waals surface area contributed by atoms with Crippen LogP contribution in [-0.2, 0) is 10.0 Å². The molecule has 0 radical (unpaired) electrons. The van der Waals surface area contributed by atoms with E-state index in [9.17, 15) is 12.8 Å². The van der Waals surface area contributed by atoms with Crippen LogP contribution in [0.25, 0.3) is 0 Å². The van der Waals surface area contributed by atoms with Crippen molar-refractivity contribution in [2.24, 2.45) is 0 Å². The fourth-order valence-corrected chi connectivity index (χ4v) is 5.46. The van der Waals surface area contributed by atoms with E-state index in [1.165, 1.54) is 10.4 Å². The lowest BCUT2D eigenvalue weighted by Gasteiger charge is -2.33. The highest BCUT2D eigenvalue weighted by atomic mass is 32.2. The molecule has 7 heteroatoms. The molecule has 0 amide bonds. The number of hydrogen-bond donors (Lipinski definition) is 1. The Balaban J connectivity index is 2.39. The van der Waals surface area contributed by atoms with Crippen molar-refractivity contribution in [2.75, 3.05) is 18.8 Å². The number of rotatable bonds is 2. The second-order valence-corrected chi connectivity index (χ2v) is 8.55. The fourth-order valence-electron chi connectivity index (χ4n) is 2.20. The lowest BCUT2D eigenvalue weighted by Crippen LogP contribution is -2.44. The standard InChI is InChI=1S/C12H17FN2O2S2/c1-8-6-15(7-9(2)18-8)19(16,17)12-5-10(13)3-4-11(12)14/h3-5,8-9H,6-7,14H2,1-2H3. The van der Waals surface area contributed by atoms with Gasteiger partial charge in [0.05, 0.1) is 5.69 Å².